The van der Waals surface area contributed by atoms with Gasteiger partial charge in [0.25, 0.3) is 5.91 Å². The van der Waals surface area contributed by atoms with E-state index in [2.05, 4.69) is 0 Å². The molecule has 2 atom stereocenters. The van der Waals surface area contributed by atoms with Crippen molar-refractivity contribution < 1.29 is 19.1 Å². The fourth-order valence-electron chi connectivity index (χ4n) is 3.70. The van der Waals surface area contributed by atoms with Crippen LogP contribution in [0.25, 0.3) is 0 Å². The second kappa shape index (κ2) is 4.83. The number of nitrogens with zero attached hydrogens (tertiary/aromatic N) is 1. The second-order valence-electron chi connectivity index (χ2n) is 6.20. The molecule has 1 saturated heterocycles. The first-order valence-electron chi connectivity index (χ1n) is 7.23. The summed E-state index contributed by atoms with van der Waals surface area (Å²) in [6.07, 6.45) is 2.37. The number of hydrogen-bond acceptors (Lipinski definition) is 2. The van der Waals surface area contributed by atoms with Gasteiger partial charge in [0.1, 0.15) is 5.82 Å². The van der Waals surface area contributed by atoms with Crippen molar-refractivity contribution in [2.45, 2.75) is 26.2 Å². The fourth-order valence-corrected chi connectivity index (χ4v) is 3.70. The van der Waals surface area contributed by atoms with Crippen LogP contribution >= 0.6 is 0 Å². The van der Waals surface area contributed by atoms with Crippen LogP contribution in [-0.2, 0) is 4.79 Å². The maximum atomic E-state index is 13.6. The van der Waals surface area contributed by atoms with Crippen molar-refractivity contribution >= 4 is 11.9 Å². The average molecular weight is 291 g/mol. The third-order valence-corrected chi connectivity index (χ3v) is 5.00. The lowest BCUT2D eigenvalue weighted by molar-refractivity contribution is -0.149. The van der Waals surface area contributed by atoms with Crippen LogP contribution in [0.3, 0.4) is 0 Å². The van der Waals surface area contributed by atoms with E-state index in [4.69, 9.17) is 0 Å². The molecule has 0 unspecified atom stereocenters. The molecule has 1 aliphatic carbocycles. The summed E-state index contributed by atoms with van der Waals surface area (Å²) in [5.74, 6) is -1.47. The van der Waals surface area contributed by atoms with Gasteiger partial charge in [-0.3, -0.25) is 9.59 Å². The number of carbonyl (C=O) groups is 2. The summed E-state index contributed by atoms with van der Waals surface area (Å²) in [4.78, 5) is 25.7. The Morgan fingerprint density at radius 1 is 1.43 bits per heavy atom. The molecule has 2 aliphatic rings. The highest BCUT2D eigenvalue weighted by molar-refractivity contribution is 5.95. The van der Waals surface area contributed by atoms with Crippen molar-refractivity contribution in [3.8, 4) is 0 Å². The normalized spacial score (nSPS) is 27.7. The molecule has 1 aromatic carbocycles. The van der Waals surface area contributed by atoms with Crippen LogP contribution in [0.1, 0.15) is 35.2 Å². The molecular weight excluding hydrogens is 273 g/mol. The Morgan fingerprint density at radius 2 is 2.19 bits per heavy atom. The molecule has 0 radical (unpaired) electrons. The fraction of sp³-hybridized carbons (Fsp3) is 0.500. The van der Waals surface area contributed by atoms with Gasteiger partial charge >= 0.3 is 5.97 Å². The minimum atomic E-state index is -0.810. The van der Waals surface area contributed by atoms with E-state index in [1.807, 2.05) is 0 Å². The van der Waals surface area contributed by atoms with Crippen LogP contribution in [-0.4, -0.2) is 35.0 Å². The average Bonchev–Trinajstić information content (AvgIpc) is 2.98. The van der Waals surface area contributed by atoms with E-state index in [9.17, 15) is 19.1 Å². The van der Waals surface area contributed by atoms with Crippen LogP contribution in [0, 0.1) is 24.1 Å². The number of likely N-dealkylation sites (tertiary alicyclic amines) is 1. The molecule has 2 fully saturated rings. The van der Waals surface area contributed by atoms with Gasteiger partial charge in [-0.25, -0.2) is 4.39 Å². The first-order valence-corrected chi connectivity index (χ1v) is 7.23. The predicted molar refractivity (Wildman–Crippen MR) is 74.5 cm³/mol. The summed E-state index contributed by atoms with van der Waals surface area (Å²) in [6.45, 7) is 2.34. The number of aliphatic carboxylic acids is 1. The van der Waals surface area contributed by atoms with E-state index in [-0.39, 0.29) is 18.4 Å². The summed E-state index contributed by atoms with van der Waals surface area (Å²) >= 11 is 0. The molecule has 1 heterocycles. The van der Waals surface area contributed by atoms with Crippen LogP contribution in [0.15, 0.2) is 18.2 Å². The number of carbonyl (C=O) groups excluding carboxylic acids is 1. The minimum Gasteiger partial charge on any atom is -0.481 e. The van der Waals surface area contributed by atoms with E-state index >= 15 is 0 Å². The molecule has 1 saturated carbocycles. The van der Waals surface area contributed by atoms with Crippen LogP contribution in [0.2, 0.25) is 0 Å². The van der Waals surface area contributed by atoms with Crippen molar-refractivity contribution in [1.82, 2.24) is 4.90 Å². The molecule has 1 amide bonds. The van der Waals surface area contributed by atoms with Gasteiger partial charge in [0.2, 0.25) is 0 Å². The maximum absolute atomic E-state index is 13.6. The molecular formula is C16H18FNO3. The van der Waals surface area contributed by atoms with E-state index in [1.165, 1.54) is 6.07 Å². The van der Waals surface area contributed by atoms with Gasteiger partial charge < -0.3 is 10.0 Å². The number of carboxylic acid groups (broad SMARTS) is 1. The predicted octanol–water partition coefficient (Wildman–Crippen LogP) is 2.46. The monoisotopic (exact) mass is 291 g/mol. The second-order valence-corrected chi connectivity index (χ2v) is 6.20. The third kappa shape index (κ3) is 2.11. The summed E-state index contributed by atoms with van der Waals surface area (Å²) in [7, 11) is 0. The zero-order valence-corrected chi connectivity index (χ0v) is 11.9. The smallest absolute Gasteiger partial charge is 0.311 e. The molecule has 112 valence electrons. The quantitative estimate of drug-likeness (QED) is 0.910. The molecule has 5 heteroatoms. The zero-order valence-electron chi connectivity index (χ0n) is 11.9. The van der Waals surface area contributed by atoms with Gasteiger partial charge in [-0.15, -0.1) is 0 Å². The summed E-state index contributed by atoms with van der Waals surface area (Å²) in [6, 6.07) is 4.41. The van der Waals surface area contributed by atoms with E-state index in [1.54, 1.807) is 24.0 Å². The molecule has 1 aromatic rings. The van der Waals surface area contributed by atoms with Crippen LogP contribution in [0.5, 0.6) is 0 Å². The van der Waals surface area contributed by atoms with Crippen molar-refractivity contribution in [3.05, 3.63) is 35.1 Å². The number of fused-ring (bicyclic) bond motifs is 1. The maximum Gasteiger partial charge on any atom is 0.311 e. The van der Waals surface area contributed by atoms with Gasteiger partial charge in [-0.1, -0.05) is 12.5 Å². The third-order valence-electron chi connectivity index (χ3n) is 5.00. The highest BCUT2D eigenvalue weighted by atomic mass is 19.1. The van der Waals surface area contributed by atoms with Crippen molar-refractivity contribution in [2.24, 2.45) is 11.3 Å². The topological polar surface area (TPSA) is 57.6 Å². The number of hydrogen-bond donors (Lipinski definition) is 1. The molecule has 0 aromatic heterocycles. The number of carboxylic acids is 1. The Hall–Kier alpha value is -1.91. The summed E-state index contributed by atoms with van der Waals surface area (Å²) in [5, 5.41) is 9.53. The molecule has 3 rings (SSSR count). The highest BCUT2D eigenvalue weighted by Gasteiger charge is 2.55. The molecule has 4 nitrogen and oxygen atoms in total. The first-order chi connectivity index (χ1) is 9.94. The largest absolute Gasteiger partial charge is 0.481 e. The van der Waals surface area contributed by atoms with E-state index in [0.717, 1.165) is 12.8 Å². The summed E-state index contributed by atoms with van der Waals surface area (Å²) in [5.41, 5.74) is -0.00992. The van der Waals surface area contributed by atoms with E-state index in [0.29, 0.717) is 24.1 Å². The van der Waals surface area contributed by atoms with Gasteiger partial charge in [0.05, 0.1) is 5.41 Å². The van der Waals surface area contributed by atoms with Gasteiger partial charge in [0, 0.05) is 18.7 Å². The van der Waals surface area contributed by atoms with E-state index < -0.39 is 17.2 Å². The zero-order chi connectivity index (χ0) is 15.2. The van der Waals surface area contributed by atoms with Crippen molar-refractivity contribution in [3.63, 3.8) is 0 Å². The number of benzene rings is 1. The van der Waals surface area contributed by atoms with Gasteiger partial charge in [-0.05, 0) is 43.4 Å². The van der Waals surface area contributed by atoms with Crippen LogP contribution < -0.4 is 0 Å². The molecule has 21 heavy (non-hydrogen) atoms. The first kappa shape index (κ1) is 14.0. The Morgan fingerprint density at radius 3 is 2.81 bits per heavy atom. The highest BCUT2D eigenvalue weighted by Crippen LogP contribution is 2.49. The Labute approximate surface area is 122 Å². The number of amides is 1. The Bertz CT molecular complexity index is 616. The molecule has 0 bridgehead atoms. The minimum absolute atomic E-state index is 0.0224. The standard InChI is InChI=1S/C16H18FNO3/c1-10-4-5-11(7-13(10)17)14(19)18-8-12-3-2-6-16(12,9-18)15(20)21/h4-5,7,12H,2-3,6,8-9H2,1H3,(H,20,21)/t12-,16+/m0/s1. The van der Waals surface area contributed by atoms with Crippen LogP contribution in [0.4, 0.5) is 4.39 Å². The van der Waals surface area contributed by atoms with Gasteiger partial charge in [-0.2, -0.15) is 0 Å². The number of rotatable bonds is 2. The lowest BCUT2D eigenvalue weighted by atomic mass is 9.81. The Balaban J connectivity index is 1.84. The molecule has 1 N–H and O–H groups in total. The molecule has 0 spiro atoms. The lowest BCUT2D eigenvalue weighted by Gasteiger charge is -2.23. The SMILES string of the molecule is Cc1ccc(C(=O)N2C[C@@H]3CCC[C@@]3(C(=O)O)C2)cc1F. The number of aryl methyl sites for hydroxylation is 1. The summed E-state index contributed by atoms with van der Waals surface area (Å²) < 4.78 is 13.6. The molecule has 1 aliphatic heterocycles. The van der Waals surface area contributed by atoms with Gasteiger partial charge in [0.15, 0.2) is 0 Å². The van der Waals surface area contributed by atoms with Crippen molar-refractivity contribution in [1.29, 1.82) is 0 Å². The lowest BCUT2D eigenvalue weighted by Crippen LogP contribution is -2.37. The Kier molecular flexibility index (Phi) is 3.23. The number of halogens is 1. The van der Waals surface area contributed by atoms with Crippen molar-refractivity contribution in [2.75, 3.05) is 13.1 Å².